The van der Waals surface area contributed by atoms with Gasteiger partial charge in [-0.05, 0) is 36.8 Å². The number of hydrogen-bond donors (Lipinski definition) is 1. The van der Waals surface area contributed by atoms with Crippen molar-refractivity contribution in [2.75, 3.05) is 6.54 Å². The van der Waals surface area contributed by atoms with Crippen LogP contribution in [0.4, 0.5) is 0 Å². The van der Waals surface area contributed by atoms with Crippen molar-refractivity contribution in [3.8, 4) is 0 Å². The lowest BCUT2D eigenvalue weighted by molar-refractivity contribution is 0.374. The Bertz CT molecular complexity index is 79.6. The first-order valence-electron chi connectivity index (χ1n) is 4.67. The zero-order chi connectivity index (χ0) is 7.23. The molecule has 11 heavy (non-hydrogen) atoms. The van der Waals surface area contributed by atoms with Gasteiger partial charge in [-0.15, -0.1) is 0 Å². The fourth-order valence-electron chi connectivity index (χ4n) is 1.66. The number of rotatable bonds is 3. The van der Waals surface area contributed by atoms with Crippen LogP contribution in [0.3, 0.4) is 0 Å². The Hall–Kier alpha value is 0.177. The van der Waals surface area contributed by atoms with Crippen LogP contribution in [0.1, 0.15) is 45.4 Å². The Morgan fingerprint density at radius 3 is 2.36 bits per heavy atom. The Labute approximate surface area is 75.0 Å². The maximum absolute atomic E-state index is 3.57. The highest BCUT2D eigenvalue weighted by Gasteiger charge is 2.10. The summed E-state index contributed by atoms with van der Waals surface area (Å²) < 4.78 is 0. The average Bonchev–Trinajstić information content (AvgIpc) is 2.03. The second-order valence-corrected chi connectivity index (χ2v) is 3.29. The first-order chi connectivity index (χ1) is 4.93. The van der Waals surface area contributed by atoms with Gasteiger partial charge in [-0.25, -0.2) is 0 Å². The summed E-state index contributed by atoms with van der Waals surface area (Å²) in [5, 5.41) is 3.57. The molecule has 0 heterocycles. The van der Waals surface area contributed by atoms with Gasteiger partial charge in [0.25, 0.3) is 0 Å². The van der Waals surface area contributed by atoms with E-state index in [0.29, 0.717) is 0 Å². The summed E-state index contributed by atoms with van der Waals surface area (Å²) in [6.07, 6.45) is 8.46. The van der Waals surface area contributed by atoms with E-state index >= 15 is 0 Å². The van der Waals surface area contributed by atoms with Crippen molar-refractivity contribution >= 4 is 11.0 Å². The molecule has 0 aromatic carbocycles. The molecule has 1 aliphatic rings. The molecule has 0 aliphatic heterocycles. The molecule has 1 fully saturated rings. The van der Waals surface area contributed by atoms with Gasteiger partial charge in [0.2, 0.25) is 0 Å². The minimum atomic E-state index is 0. The zero-order valence-corrected chi connectivity index (χ0v) is 7.03. The molecule has 0 spiro atoms. The van der Waals surface area contributed by atoms with Crippen molar-refractivity contribution in [2.24, 2.45) is 0 Å². The first-order valence-corrected chi connectivity index (χ1v) is 4.67. The SMILES string of the molecule is CCCNC1CCCCC1.[SiH4]. The summed E-state index contributed by atoms with van der Waals surface area (Å²) in [5.41, 5.74) is 0. The summed E-state index contributed by atoms with van der Waals surface area (Å²) in [6.45, 7) is 3.44. The summed E-state index contributed by atoms with van der Waals surface area (Å²) in [4.78, 5) is 0. The van der Waals surface area contributed by atoms with Crippen LogP contribution < -0.4 is 5.32 Å². The lowest BCUT2D eigenvalue weighted by atomic mass is 9.95. The van der Waals surface area contributed by atoms with Crippen molar-refractivity contribution in [2.45, 2.75) is 51.5 Å². The normalized spacial score (nSPS) is 19.4. The molecule has 2 heteroatoms. The van der Waals surface area contributed by atoms with E-state index < -0.39 is 0 Å². The molecule has 1 N–H and O–H groups in total. The third-order valence-electron chi connectivity index (χ3n) is 2.29. The van der Waals surface area contributed by atoms with Crippen LogP contribution in [0.25, 0.3) is 0 Å². The summed E-state index contributed by atoms with van der Waals surface area (Å²) in [5.74, 6) is 0. The van der Waals surface area contributed by atoms with E-state index in [-0.39, 0.29) is 11.0 Å². The molecule has 0 atom stereocenters. The molecule has 68 valence electrons. The molecule has 0 unspecified atom stereocenters. The third kappa shape index (κ3) is 4.59. The van der Waals surface area contributed by atoms with E-state index in [4.69, 9.17) is 0 Å². The van der Waals surface area contributed by atoms with E-state index in [0.717, 1.165) is 6.04 Å². The van der Waals surface area contributed by atoms with E-state index in [1.165, 1.54) is 45.1 Å². The van der Waals surface area contributed by atoms with Gasteiger partial charge in [0, 0.05) is 6.04 Å². The van der Waals surface area contributed by atoms with E-state index in [1.807, 2.05) is 0 Å². The molecule has 0 amide bonds. The predicted molar refractivity (Wildman–Crippen MR) is 56.5 cm³/mol. The van der Waals surface area contributed by atoms with Gasteiger partial charge in [-0.2, -0.15) is 0 Å². The van der Waals surface area contributed by atoms with Crippen molar-refractivity contribution in [1.29, 1.82) is 0 Å². The summed E-state index contributed by atoms with van der Waals surface area (Å²) in [7, 11) is 0. The van der Waals surface area contributed by atoms with Crippen molar-refractivity contribution < 1.29 is 0 Å². The maximum Gasteiger partial charge on any atom is 0.00670 e. The molecular weight excluding hydrogens is 150 g/mol. The topological polar surface area (TPSA) is 12.0 Å². The molecule has 0 aromatic heterocycles. The third-order valence-corrected chi connectivity index (χ3v) is 2.29. The van der Waals surface area contributed by atoms with Crippen molar-refractivity contribution in [3.05, 3.63) is 0 Å². The molecule has 1 rings (SSSR count). The molecule has 0 aromatic rings. The second-order valence-electron chi connectivity index (χ2n) is 3.29. The summed E-state index contributed by atoms with van der Waals surface area (Å²) in [6, 6.07) is 0.855. The molecule has 1 nitrogen and oxygen atoms in total. The summed E-state index contributed by atoms with van der Waals surface area (Å²) >= 11 is 0. The Morgan fingerprint density at radius 1 is 1.18 bits per heavy atom. The van der Waals surface area contributed by atoms with Crippen LogP contribution in [-0.4, -0.2) is 23.6 Å². The van der Waals surface area contributed by atoms with E-state index in [2.05, 4.69) is 12.2 Å². The molecule has 0 radical (unpaired) electrons. The van der Waals surface area contributed by atoms with Gasteiger partial charge in [0.15, 0.2) is 0 Å². The van der Waals surface area contributed by atoms with Crippen LogP contribution in [0.2, 0.25) is 0 Å². The van der Waals surface area contributed by atoms with Crippen LogP contribution in [0.5, 0.6) is 0 Å². The van der Waals surface area contributed by atoms with Gasteiger partial charge in [0.1, 0.15) is 0 Å². The Kier molecular flexibility index (Phi) is 6.97. The fraction of sp³-hybridized carbons (Fsp3) is 1.00. The minimum Gasteiger partial charge on any atom is -0.314 e. The van der Waals surface area contributed by atoms with Gasteiger partial charge in [0.05, 0.1) is 0 Å². The fourth-order valence-corrected chi connectivity index (χ4v) is 1.66. The van der Waals surface area contributed by atoms with Gasteiger partial charge >= 0.3 is 0 Å². The highest BCUT2D eigenvalue weighted by atomic mass is 28.1. The zero-order valence-electron chi connectivity index (χ0n) is 7.03. The Balaban J connectivity index is 0.000001000. The molecule has 1 aliphatic carbocycles. The minimum absolute atomic E-state index is 0. The number of hydrogen-bond acceptors (Lipinski definition) is 1. The highest BCUT2D eigenvalue weighted by Crippen LogP contribution is 2.16. The average molecular weight is 173 g/mol. The van der Waals surface area contributed by atoms with E-state index in [9.17, 15) is 0 Å². The Morgan fingerprint density at radius 2 is 1.82 bits per heavy atom. The monoisotopic (exact) mass is 173 g/mol. The van der Waals surface area contributed by atoms with Crippen LogP contribution in [-0.2, 0) is 0 Å². The molecule has 0 saturated heterocycles. The molecular formula is C9H23NSi. The second kappa shape index (κ2) is 6.86. The van der Waals surface area contributed by atoms with Gasteiger partial charge < -0.3 is 5.32 Å². The maximum atomic E-state index is 3.57. The van der Waals surface area contributed by atoms with E-state index in [1.54, 1.807) is 0 Å². The largest absolute Gasteiger partial charge is 0.314 e. The molecule has 0 bridgehead atoms. The highest BCUT2D eigenvalue weighted by molar-refractivity contribution is 5.75. The lowest BCUT2D eigenvalue weighted by Crippen LogP contribution is -2.31. The van der Waals surface area contributed by atoms with Crippen LogP contribution in [0, 0.1) is 0 Å². The van der Waals surface area contributed by atoms with Crippen LogP contribution >= 0.6 is 0 Å². The van der Waals surface area contributed by atoms with Gasteiger partial charge in [-0.3, -0.25) is 0 Å². The van der Waals surface area contributed by atoms with Crippen LogP contribution in [0.15, 0.2) is 0 Å². The number of nitrogens with one attached hydrogen (secondary N) is 1. The molecule has 1 saturated carbocycles. The smallest absolute Gasteiger partial charge is 0.00670 e. The quantitative estimate of drug-likeness (QED) is 0.625. The standard InChI is InChI=1S/C9H19N.H4Si/c1-2-8-10-9-6-4-3-5-7-9;/h9-10H,2-8H2,1H3;1H4. The predicted octanol–water partition coefficient (Wildman–Crippen LogP) is 0.867. The van der Waals surface area contributed by atoms with Gasteiger partial charge in [-0.1, -0.05) is 26.2 Å². The van der Waals surface area contributed by atoms with Crippen molar-refractivity contribution in [3.63, 3.8) is 0 Å². The van der Waals surface area contributed by atoms with Crippen molar-refractivity contribution in [1.82, 2.24) is 5.32 Å². The first kappa shape index (κ1) is 11.2. The lowest BCUT2D eigenvalue weighted by Gasteiger charge is -2.22.